The number of aliphatic hydroxyl groups is 1. The second-order valence-corrected chi connectivity index (χ2v) is 7.46. The van der Waals surface area contributed by atoms with Crippen LogP contribution in [0, 0.1) is 17.8 Å². The van der Waals surface area contributed by atoms with Crippen molar-refractivity contribution in [1.82, 2.24) is 10.2 Å². The summed E-state index contributed by atoms with van der Waals surface area (Å²) in [5.74, 6) is 2.00. The third kappa shape index (κ3) is 5.34. The van der Waals surface area contributed by atoms with Crippen LogP contribution in [0.3, 0.4) is 0 Å². The van der Waals surface area contributed by atoms with Gasteiger partial charge in [0.05, 0.1) is 6.10 Å². The Morgan fingerprint density at radius 2 is 1.95 bits per heavy atom. The van der Waals surface area contributed by atoms with Gasteiger partial charge in [0.1, 0.15) is 0 Å². The maximum atomic E-state index is 10.2. The van der Waals surface area contributed by atoms with Crippen molar-refractivity contribution in [3.8, 4) is 0 Å². The Kier molecular flexibility index (Phi) is 6.31. The summed E-state index contributed by atoms with van der Waals surface area (Å²) in [6, 6.07) is 0.639. The van der Waals surface area contributed by atoms with E-state index in [0.717, 1.165) is 12.3 Å². The van der Waals surface area contributed by atoms with Crippen LogP contribution in [0.4, 0.5) is 0 Å². The highest BCUT2D eigenvalue weighted by molar-refractivity contribution is 4.87. The van der Waals surface area contributed by atoms with E-state index >= 15 is 0 Å². The minimum absolute atomic E-state index is 0.134. The summed E-state index contributed by atoms with van der Waals surface area (Å²) in [6.07, 6.45) is 6.16. The Labute approximate surface area is 125 Å². The minimum atomic E-state index is -0.134. The molecule has 3 nitrogen and oxygen atoms in total. The fourth-order valence-corrected chi connectivity index (χ4v) is 3.39. The molecule has 0 radical (unpaired) electrons. The van der Waals surface area contributed by atoms with Crippen LogP contribution < -0.4 is 5.32 Å². The second kappa shape index (κ2) is 7.77. The Morgan fingerprint density at radius 3 is 2.55 bits per heavy atom. The first-order valence-electron chi connectivity index (χ1n) is 8.72. The molecule has 1 aliphatic heterocycles. The number of nitrogens with zero attached hydrogens (tertiary/aromatic N) is 1. The fraction of sp³-hybridized carbons (Fsp3) is 1.00. The molecule has 0 aromatic rings. The zero-order valence-corrected chi connectivity index (χ0v) is 13.6. The predicted octanol–water partition coefficient (Wildman–Crippen LogP) is 2.49. The van der Waals surface area contributed by atoms with Crippen LogP contribution in [-0.2, 0) is 0 Å². The molecule has 20 heavy (non-hydrogen) atoms. The van der Waals surface area contributed by atoms with Gasteiger partial charge in [0.15, 0.2) is 0 Å². The molecule has 3 atom stereocenters. The van der Waals surface area contributed by atoms with Crippen molar-refractivity contribution < 1.29 is 5.11 Å². The second-order valence-electron chi connectivity index (χ2n) is 7.46. The summed E-state index contributed by atoms with van der Waals surface area (Å²) in [5, 5.41) is 14.0. The molecular formula is C17H34N2O. The summed E-state index contributed by atoms with van der Waals surface area (Å²) in [5.41, 5.74) is 0. The lowest BCUT2D eigenvalue weighted by Gasteiger charge is -2.39. The van der Waals surface area contributed by atoms with Crippen molar-refractivity contribution in [3.05, 3.63) is 0 Å². The molecule has 0 aromatic heterocycles. The number of hydrogen-bond donors (Lipinski definition) is 2. The molecule has 0 aromatic carbocycles. The highest BCUT2D eigenvalue weighted by Crippen LogP contribution is 2.29. The molecule has 3 unspecified atom stereocenters. The summed E-state index contributed by atoms with van der Waals surface area (Å²) >= 11 is 0. The first kappa shape index (κ1) is 16.3. The lowest BCUT2D eigenvalue weighted by atomic mass is 9.86. The van der Waals surface area contributed by atoms with Crippen molar-refractivity contribution in [1.29, 1.82) is 0 Å². The average Bonchev–Trinajstić information content (AvgIpc) is 3.20. The van der Waals surface area contributed by atoms with Gasteiger partial charge in [0, 0.05) is 19.1 Å². The van der Waals surface area contributed by atoms with E-state index in [4.69, 9.17) is 0 Å². The van der Waals surface area contributed by atoms with Gasteiger partial charge in [-0.15, -0.1) is 0 Å². The van der Waals surface area contributed by atoms with Gasteiger partial charge < -0.3 is 15.3 Å². The number of aliphatic hydroxyl groups excluding tert-OH is 1. The monoisotopic (exact) mass is 282 g/mol. The zero-order chi connectivity index (χ0) is 14.5. The van der Waals surface area contributed by atoms with Gasteiger partial charge in [-0.1, -0.05) is 20.8 Å². The van der Waals surface area contributed by atoms with Gasteiger partial charge in [-0.2, -0.15) is 0 Å². The molecule has 1 saturated carbocycles. The molecular weight excluding hydrogens is 248 g/mol. The standard InChI is InChI=1S/C17H34N2O/c1-4-7-19-11-15(9-17(20)13(2)3)8-16(12-19)18-10-14-5-6-14/h13-18,20H,4-12H2,1-3H3. The third-order valence-electron chi connectivity index (χ3n) is 4.89. The molecule has 2 aliphatic rings. The smallest absolute Gasteiger partial charge is 0.0566 e. The van der Waals surface area contributed by atoms with E-state index in [1.165, 1.54) is 51.9 Å². The van der Waals surface area contributed by atoms with Crippen LogP contribution in [0.15, 0.2) is 0 Å². The third-order valence-corrected chi connectivity index (χ3v) is 4.89. The van der Waals surface area contributed by atoms with E-state index in [0.29, 0.717) is 17.9 Å². The quantitative estimate of drug-likeness (QED) is 0.718. The summed E-state index contributed by atoms with van der Waals surface area (Å²) in [4.78, 5) is 2.60. The molecule has 3 heteroatoms. The van der Waals surface area contributed by atoms with E-state index in [1.54, 1.807) is 0 Å². The van der Waals surface area contributed by atoms with Crippen LogP contribution in [-0.4, -0.2) is 48.3 Å². The normalized spacial score (nSPS) is 29.9. The van der Waals surface area contributed by atoms with Crippen molar-refractivity contribution in [2.45, 2.75) is 65.0 Å². The molecule has 118 valence electrons. The van der Waals surface area contributed by atoms with Crippen LogP contribution in [0.25, 0.3) is 0 Å². The number of nitrogens with one attached hydrogen (secondary N) is 1. The van der Waals surface area contributed by atoms with Crippen molar-refractivity contribution in [2.75, 3.05) is 26.2 Å². The molecule has 1 heterocycles. The Bertz CT molecular complexity index is 278. The number of likely N-dealkylation sites (tertiary alicyclic amines) is 1. The number of piperidine rings is 1. The van der Waals surface area contributed by atoms with E-state index < -0.39 is 0 Å². The van der Waals surface area contributed by atoms with Gasteiger partial charge >= 0.3 is 0 Å². The first-order chi connectivity index (χ1) is 9.58. The van der Waals surface area contributed by atoms with Gasteiger partial charge in [-0.25, -0.2) is 0 Å². The van der Waals surface area contributed by atoms with E-state index in [2.05, 4.69) is 31.0 Å². The molecule has 1 aliphatic carbocycles. The van der Waals surface area contributed by atoms with Crippen LogP contribution in [0.5, 0.6) is 0 Å². The number of rotatable bonds is 8. The van der Waals surface area contributed by atoms with Crippen molar-refractivity contribution >= 4 is 0 Å². The summed E-state index contributed by atoms with van der Waals surface area (Å²) in [6.45, 7) is 11.3. The van der Waals surface area contributed by atoms with Gasteiger partial charge in [-0.3, -0.25) is 0 Å². The first-order valence-corrected chi connectivity index (χ1v) is 8.72. The highest BCUT2D eigenvalue weighted by Gasteiger charge is 2.30. The summed E-state index contributed by atoms with van der Waals surface area (Å²) < 4.78 is 0. The predicted molar refractivity (Wildman–Crippen MR) is 84.8 cm³/mol. The van der Waals surface area contributed by atoms with Crippen LogP contribution >= 0.6 is 0 Å². The zero-order valence-electron chi connectivity index (χ0n) is 13.6. The molecule has 0 amide bonds. The molecule has 2 fully saturated rings. The molecule has 1 saturated heterocycles. The minimum Gasteiger partial charge on any atom is -0.393 e. The molecule has 0 bridgehead atoms. The highest BCUT2D eigenvalue weighted by atomic mass is 16.3. The van der Waals surface area contributed by atoms with Gasteiger partial charge in [0.25, 0.3) is 0 Å². The maximum absolute atomic E-state index is 10.2. The average molecular weight is 282 g/mol. The maximum Gasteiger partial charge on any atom is 0.0566 e. The van der Waals surface area contributed by atoms with Crippen LogP contribution in [0.2, 0.25) is 0 Å². The van der Waals surface area contributed by atoms with Gasteiger partial charge in [0.2, 0.25) is 0 Å². The number of hydrogen-bond acceptors (Lipinski definition) is 3. The molecule has 2 N–H and O–H groups in total. The SMILES string of the molecule is CCCN1CC(CC(O)C(C)C)CC(NCC2CC2)C1. The van der Waals surface area contributed by atoms with Crippen molar-refractivity contribution in [3.63, 3.8) is 0 Å². The Morgan fingerprint density at radius 1 is 1.20 bits per heavy atom. The Hall–Kier alpha value is -0.120. The largest absolute Gasteiger partial charge is 0.393 e. The van der Waals surface area contributed by atoms with E-state index in [1.807, 2.05) is 0 Å². The lowest BCUT2D eigenvalue weighted by molar-refractivity contribution is 0.0616. The topological polar surface area (TPSA) is 35.5 Å². The van der Waals surface area contributed by atoms with Crippen molar-refractivity contribution in [2.24, 2.45) is 17.8 Å². The van der Waals surface area contributed by atoms with E-state index in [-0.39, 0.29) is 6.10 Å². The summed E-state index contributed by atoms with van der Waals surface area (Å²) in [7, 11) is 0. The lowest BCUT2D eigenvalue weighted by Crippen LogP contribution is -2.50. The Balaban J connectivity index is 1.82. The van der Waals surface area contributed by atoms with Crippen LogP contribution in [0.1, 0.15) is 52.9 Å². The molecule has 2 rings (SSSR count). The van der Waals surface area contributed by atoms with E-state index in [9.17, 15) is 5.11 Å². The fourth-order valence-electron chi connectivity index (χ4n) is 3.39. The molecule has 0 spiro atoms. The van der Waals surface area contributed by atoms with Gasteiger partial charge in [-0.05, 0) is 62.9 Å².